The molecule has 2 unspecified atom stereocenters. The molecule has 1 amide bonds. The van der Waals surface area contributed by atoms with Crippen LogP contribution in [0.25, 0.3) is 0 Å². The van der Waals surface area contributed by atoms with Gasteiger partial charge in [-0.05, 0) is 62.1 Å². The van der Waals surface area contributed by atoms with Crippen molar-refractivity contribution in [2.24, 2.45) is 18.9 Å². The first-order valence-electron chi connectivity index (χ1n) is 10.8. The summed E-state index contributed by atoms with van der Waals surface area (Å²) in [6, 6.07) is 4.13. The maximum atomic E-state index is 13.4. The third-order valence-electron chi connectivity index (χ3n) is 6.87. The summed E-state index contributed by atoms with van der Waals surface area (Å²) in [5.74, 6) is 0.405. The van der Waals surface area contributed by atoms with Crippen molar-refractivity contribution in [2.75, 3.05) is 5.32 Å². The summed E-state index contributed by atoms with van der Waals surface area (Å²) < 4.78 is 15.1. The van der Waals surface area contributed by atoms with Gasteiger partial charge >= 0.3 is 0 Å². The highest BCUT2D eigenvalue weighted by atomic mass is 35.5. The van der Waals surface area contributed by atoms with Crippen LogP contribution >= 0.6 is 11.6 Å². The second kappa shape index (κ2) is 8.31. The Balaban J connectivity index is 1.47. The topological polar surface area (TPSA) is 67.2 Å². The largest absolute Gasteiger partial charge is 0.390 e. The summed E-state index contributed by atoms with van der Waals surface area (Å²) in [6.45, 7) is 2.16. The summed E-state index contributed by atoms with van der Waals surface area (Å²) in [7, 11) is 1.81. The molecule has 0 radical (unpaired) electrons. The van der Waals surface area contributed by atoms with Crippen LogP contribution < -0.4 is 5.32 Å². The summed E-state index contributed by atoms with van der Waals surface area (Å²) in [4.78, 5) is 17.5. The molecular weight excluding hydrogens is 405 g/mol. The molecule has 2 saturated carbocycles. The minimum absolute atomic E-state index is 0.0304. The molecule has 1 aromatic heterocycles. The van der Waals surface area contributed by atoms with Crippen LogP contribution in [0, 0.1) is 17.7 Å². The van der Waals surface area contributed by atoms with E-state index in [-0.39, 0.29) is 16.8 Å². The highest BCUT2D eigenvalue weighted by Crippen LogP contribution is 2.55. The summed E-state index contributed by atoms with van der Waals surface area (Å²) in [5, 5.41) is 13.7. The van der Waals surface area contributed by atoms with Gasteiger partial charge in [0, 0.05) is 18.7 Å². The highest BCUT2D eigenvalue weighted by molar-refractivity contribution is 6.31. The monoisotopic (exact) mass is 433 g/mol. The average molecular weight is 434 g/mol. The number of rotatable bonds is 6. The molecule has 0 aliphatic heterocycles. The van der Waals surface area contributed by atoms with Gasteiger partial charge in [0.2, 0.25) is 0 Å². The number of imidazole rings is 1. The minimum atomic E-state index is -0.521. The molecule has 2 aromatic rings. The maximum Gasteiger partial charge on any atom is 0.274 e. The number of halogens is 2. The van der Waals surface area contributed by atoms with Crippen LogP contribution in [0.3, 0.4) is 0 Å². The van der Waals surface area contributed by atoms with Crippen molar-refractivity contribution in [2.45, 2.75) is 63.4 Å². The molecule has 1 heterocycles. The lowest BCUT2D eigenvalue weighted by Crippen LogP contribution is -2.25. The molecule has 4 rings (SSSR count). The van der Waals surface area contributed by atoms with Crippen molar-refractivity contribution in [3.05, 3.63) is 46.8 Å². The maximum absolute atomic E-state index is 13.4. The van der Waals surface area contributed by atoms with Gasteiger partial charge in [-0.15, -0.1) is 0 Å². The second-order valence-corrected chi connectivity index (χ2v) is 9.50. The number of hydrogen-bond donors (Lipinski definition) is 2. The normalized spacial score (nSPS) is 28.0. The zero-order valence-electron chi connectivity index (χ0n) is 17.5. The predicted molar refractivity (Wildman–Crippen MR) is 115 cm³/mol. The first-order valence-corrected chi connectivity index (χ1v) is 11.2. The smallest absolute Gasteiger partial charge is 0.274 e. The number of fused-ring (bicyclic) bond motifs is 1. The van der Waals surface area contributed by atoms with Crippen molar-refractivity contribution in [3.8, 4) is 0 Å². The fourth-order valence-corrected chi connectivity index (χ4v) is 5.67. The Morgan fingerprint density at radius 2 is 2.07 bits per heavy atom. The number of carbonyl (C=O) groups is 1. The van der Waals surface area contributed by atoms with E-state index in [2.05, 4.69) is 17.2 Å². The number of nitrogens with zero attached hydrogens (tertiary/aromatic N) is 2. The Hall–Kier alpha value is -1.92. The van der Waals surface area contributed by atoms with Crippen LogP contribution in [0.15, 0.2) is 24.5 Å². The van der Waals surface area contributed by atoms with Gasteiger partial charge in [-0.1, -0.05) is 31.4 Å². The number of benzene rings is 1. The van der Waals surface area contributed by atoms with Gasteiger partial charge in [-0.2, -0.15) is 0 Å². The molecule has 162 valence electrons. The molecule has 0 saturated heterocycles. The van der Waals surface area contributed by atoms with Gasteiger partial charge in [0.15, 0.2) is 0 Å². The van der Waals surface area contributed by atoms with E-state index in [4.69, 9.17) is 11.6 Å². The van der Waals surface area contributed by atoms with Crippen LogP contribution in [-0.4, -0.2) is 26.2 Å². The van der Waals surface area contributed by atoms with E-state index >= 15 is 0 Å². The van der Waals surface area contributed by atoms with E-state index < -0.39 is 11.4 Å². The zero-order valence-corrected chi connectivity index (χ0v) is 18.3. The molecule has 30 heavy (non-hydrogen) atoms. The van der Waals surface area contributed by atoms with E-state index in [9.17, 15) is 14.3 Å². The first-order chi connectivity index (χ1) is 14.3. The van der Waals surface area contributed by atoms with E-state index in [1.807, 2.05) is 7.05 Å². The van der Waals surface area contributed by atoms with Gasteiger partial charge in [-0.25, -0.2) is 9.37 Å². The molecule has 5 nitrogen and oxygen atoms in total. The van der Waals surface area contributed by atoms with Crippen molar-refractivity contribution in [1.82, 2.24) is 9.55 Å². The fraction of sp³-hybridized carbons (Fsp3) is 0.565. The van der Waals surface area contributed by atoms with Crippen molar-refractivity contribution in [3.63, 3.8) is 0 Å². The Labute approximate surface area is 181 Å². The fourth-order valence-electron chi connectivity index (χ4n) is 5.49. The van der Waals surface area contributed by atoms with E-state index in [1.54, 1.807) is 10.9 Å². The number of nitrogens with one attached hydrogen (secondary N) is 1. The number of aromatic nitrogens is 2. The third kappa shape index (κ3) is 4.12. The number of aliphatic hydroxyl groups is 1. The lowest BCUT2D eigenvalue weighted by molar-refractivity contribution is 0.0273. The van der Waals surface area contributed by atoms with Gasteiger partial charge in [0.05, 0.1) is 22.6 Å². The van der Waals surface area contributed by atoms with Crippen molar-refractivity contribution < 1.29 is 14.3 Å². The van der Waals surface area contributed by atoms with Crippen LogP contribution in [-0.2, 0) is 7.05 Å². The van der Waals surface area contributed by atoms with Gasteiger partial charge < -0.3 is 15.0 Å². The standard InChI is InChI=1S/C23H29ClFN3O2/c1-3-4-7-23(30)11-15-8-14(9-16(15)12-23)20-21(28(2)13-26-20)22(29)27-17-5-6-19(25)18(24)10-17/h5-6,10,13-16,30H,3-4,7-9,11-12H2,1-2H3,(H,27,29). The molecule has 2 aliphatic rings. The summed E-state index contributed by atoms with van der Waals surface area (Å²) >= 11 is 5.83. The van der Waals surface area contributed by atoms with Crippen molar-refractivity contribution in [1.29, 1.82) is 0 Å². The Bertz CT molecular complexity index is 931. The molecular formula is C23H29ClFN3O2. The Morgan fingerprint density at radius 3 is 2.70 bits per heavy atom. The Kier molecular flexibility index (Phi) is 5.90. The average Bonchev–Trinajstić information content (AvgIpc) is 3.34. The van der Waals surface area contributed by atoms with Crippen molar-refractivity contribution >= 4 is 23.2 Å². The number of unbranched alkanes of at least 4 members (excludes halogenated alkanes) is 1. The quantitative estimate of drug-likeness (QED) is 0.650. The molecule has 0 spiro atoms. The third-order valence-corrected chi connectivity index (χ3v) is 7.16. The SMILES string of the molecule is CCCCC1(O)CC2CC(c3ncn(C)c3C(=O)Nc3ccc(F)c(Cl)c3)CC2C1. The number of aryl methyl sites for hydroxylation is 1. The molecule has 2 fully saturated rings. The second-order valence-electron chi connectivity index (χ2n) is 9.10. The number of hydrogen-bond acceptors (Lipinski definition) is 3. The molecule has 7 heteroatoms. The predicted octanol–water partition coefficient (Wildman–Crippen LogP) is 5.29. The molecule has 1 aromatic carbocycles. The van der Waals surface area contributed by atoms with Crippen LogP contribution in [0.5, 0.6) is 0 Å². The molecule has 2 N–H and O–H groups in total. The van der Waals surface area contributed by atoms with Gasteiger partial charge in [0.1, 0.15) is 11.5 Å². The van der Waals surface area contributed by atoms with Gasteiger partial charge in [-0.3, -0.25) is 4.79 Å². The molecule has 0 bridgehead atoms. The summed E-state index contributed by atoms with van der Waals surface area (Å²) in [6.07, 6.45) is 8.36. The van der Waals surface area contributed by atoms with Crippen LogP contribution in [0.1, 0.15) is 74.0 Å². The Morgan fingerprint density at radius 1 is 1.37 bits per heavy atom. The van der Waals surface area contributed by atoms with Gasteiger partial charge in [0.25, 0.3) is 5.91 Å². The summed E-state index contributed by atoms with van der Waals surface area (Å²) in [5.41, 5.74) is 1.28. The molecule has 2 atom stereocenters. The van der Waals surface area contributed by atoms with Crippen LogP contribution in [0.2, 0.25) is 5.02 Å². The van der Waals surface area contributed by atoms with E-state index in [0.717, 1.165) is 50.6 Å². The minimum Gasteiger partial charge on any atom is -0.390 e. The highest BCUT2D eigenvalue weighted by Gasteiger charge is 2.49. The first kappa shape index (κ1) is 21.3. The molecule has 2 aliphatic carbocycles. The number of amides is 1. The zero-order chi connectivity index (χ0) is 21.5. The number of anilines is 1. The lowest BCUT2D eigenvalue weighted by atomic mass is 9.89. The van der Waals surface area contributed by atoms with E-state index in [0.29, 0.717) is 23.2 Å². The number of carbonyl (C=O) groups excluding carboxylic acids is 1. The van der Waals surface area contributed by atoms with E-state index in [1.165, 1.54) is 18.2 Å². The lowest BCUT2D eigenvalue weighted by Gasteiger charge is -2.24. The van der Waals surface area contributed by atoms with Crippen LogP contribution in [0.4, 0.5) is 10.1 Å².